The number of ether oxygens (including phenoxy) is 1. The average molecular weight is 284 g/mol. The Labute approximate surface area is 117 Å². The molecule has 1 aromatic heterocycles. The number of anilines is 1. The van der Waals surface area contributed by atoms with Gasteiger partial charge in [0, 0.05) is 25.6 Å². The first-order chi connectivity index (χ1) is 9.22. The Morgan fingerprint density at radius 2 is 2.42 bits per heavy atom. The minimum Gasteiger partial charge on any atom is -0.453 e. The number of likely N-dealkylation sites (tertiary alicyclic amines) is 1. The Balaban J connectivity index is 1.89. The Morgan fingerprint density at radius 1 is 1.58 bits per heavy atom. The summed E-state index contributed by atoms with van der Waals surface area (Å²) in [4.78, 5) is 13.2. The zero-order chi connectivity index (χ0) is 13.7. The summed E-state index contributed by atoms with van der Waals surface area (Å²) in [7, 11) is 1.42. The van der Waals surface area contributed by atoms with Gasteiger partial charge in [-0.05, 0) is 19.3 Å². The molecule has 106 valence electrons. The molecule has 2 rings (SSSR count). The standard InChI is InChI=1S/C12H20N4O2S/c1-3-5-10-14-15-11(19-10)13-9-6-4-7-16(8-9)12(17)18-2/h9H,3-8H2,1-2H3,(H,13,15)/t9-/m0/s1. The molecule has 1 N–H and O–H groups in total. The lowest BCUT2D eigenvalue weighted by atomic mass is 10.1. The van der Waals surface area contributed by atoms with Crippen molar-refractivity contribution in [2.24, 2.45) is 0 Å². The zero-order valence-electron chi connectivity index (χ0n) is 11.4. The predicted molar refractivity (Wildman–Crippen MR) is 74.5 cm³/mol. The van der Waals surface area contributed by atoms with Gasteiger partial charge in [0.15, 0.2) is 0 Å². The molecule has 1 aliphatic rings. The maximum absolute atomic E-state index is 11.5. The summed E-state index contributed by atoms with van der Waals surface area (Å²) in [6.07, 6.45) is 3.81. The van der Waals surface area contributed by atoms with E-state index in [0.29, 0.717) is 6.54 Å². The molecule has 1 atom stereocenters. The second-order valence-corrected chi connectivity index (χ2v) is 5.71. The van der Waals surface area contributed by atoms with Crippen molar-refractivity contribution in [3.63, 3.8) is 0 Å². The van der Waals surface area contributed by atoms with Crippen LogP contribution in [-0.2, 0) is 11.2 Å². The van der Waals surface area contributed by atoms with E-state index in [-0.39, 0.29) is 12.1 Å². The summed E-state index contributed by atoms with van der Waals surface area (Å²) in [6.45, 7) is 3.56. The molecule has 0 spiro atoms. The lowest BCUT2D eigenvalue weighted by molar-refractivity contribution is 0.113. The van der Waals surface area contributed by atoms with Crippen LogP contribution < -0.4 is 5.32 Å². The first kappa shape index (κ1) is 14.0. The molecule has 1 aromatic rings. The number of nitrogens with one attached hydrogen (secondary N) is 1. The van der Waals surface area contributed by atoms with E-state index >= 15 is 0 Å². The van der Waals surface area contributed by atoms with E-state index in [1.165, 1.54) is 7.11 Å². The number of amides is 1. The van der Waals surface area contributed by atoms with Crippen molar-refractivity contribution >= 4 is 22.6 Å². The topological polar surface area (TPSA) is 67.4 Å². The van der Waals surface area contributed by atoms with Gasteiger partial charge in [0.25, 0.3) is 0 Å². The normalized spacial score (nSPS) is 19.3. The fourth-order valence-electron chi connectivity index (χ4n) is 2.19. The summed E-state index contributed by atoms with van der Waals surface area (Å²) in [5.41, 5.74) is 0. The summed E-state index contributed by atoms with van der Waals surface area (Å²) in [6, 6.07) is 0.232. The molecule has 1 aliphatic heterocycles. The average Bonchev–Trinajstić information content (AvgIpc) is 2.86. The Morgan fingerprint density at radius 3 is 3.16 bits per heavy atom. The van der Waals surface area contributed by atoms with Crippen LogP contribution in [-0.4, -0.2) is 47.4 Å². The van der Waals surface area contributed by atoms with Crippen LogP contribution in [0.25, 0.3) is 0 Å². The van der Waals surface area contributed by atoms with E-state index in [9.17, 15) is 4.79 Å². The van der Waals surface area contributed by atoms with Gasteiger partial charge in [-0.3, -0.25) is 0 Å². The van der Waals surface area contributed by atoms with Gasteiger partial charge in [-0.25, -0.2) is 4.79 Å². The van der Waals surface area contributed by atoms with Gasteiger partial charge in [0.05, 0.1) is 7.11 Å². The first-order valence-corrected chi connectivity index (χ1v) is 7.46. The van der Waals surface area contributed by atoms with Crippen molar-refractivity contribution in [1.29, 1.82) is 0 Å². The third kappa shape index (κ3) is 3.79. The van der Waals surface area contributed by atoms with E-state index in [1.807, 2.05) is 0 Å². The van der Waals surface area contributed by atoms with Crippen molar-refractivity contribution in [2.45, 2.75) is 38.6 Å². The highest BCUT2D eigenvalue weighted by Crippen LogP contribution is 2.20. The van der Waals surface area contributed by atoms with Gasteiger partial charge < -0.3 is 15.0 Å². The second-order valence-electron chi connectivity index (χ2n) is 4.65. The van der Waals surface area contributed by atoms with Crippen LogP contribution in [0.2, 0.25) is 0 Å². The third-order valence-corrected chi connectivity index (χ3v) is 4.03. The number of aryl methyl sites for hydroxylation is 1. The monoisotopic (exact) mass is 284 g/mol. The minimum atomic E-state index is -0.254. The SMILES string of the molecule is CCCc1nnc(N[C@H]2CCCN(C(=O)OC)C2)s1. The maximum atomic E-state index is 11.5. The maximum Gasteiger partial charge on any atom is 0.409 e. The number of carbonyl (C=O) groups is 1. The molecule has 0 aliphatic carbocycles. The number of carbonyl (C=O) groups excluding carboxylic acids is 1. The first-order valence-electron chi connectivity index (χ1n) is 6.64. The second kappa shape index (κ2) is 6.70. The smallest absolute Gasteiger partial charge is 0.409 e. The largest absolute Gasteiger partial charge is 0.453 e. The lowest BCUT2D eigenvalue weighted by Crippen LogP contribution is -2.45. The molecular weight excluding hydrogens is 264 g/mol. The Bertz CT molecular complexity index is 424. The molecule has 7 heteroatoms. The molecule has 6 nitrogen and oxygen atoms in total. The molecule has 2 heterocycles. The number of piperidine rings is 1. The van der Waals surface area contributed by atoms with E-state index in [0.717, 1.165) is 42.4 Å². The van der Waals surface area contributed by atoms with Crippen LogP contribution in [0.15, 0.2) is 0 Å². The summed E-state index contributed by atoms with van der Waals surface area (Å²) in [5, 5.41) is 13.6. The highest BCUT2D eigenvalue weighted by atomic mass is 32.1. The number of nitrogens with zero attached hydrogens (tertiary/aromatic N) is 3. The Hall–Kier alpha value is -1.37. The Kier molecular flexibility index (Phi) is 4.95. The number of aromatic nitrogens is 2. The molecule has 0 unspecified atom stereocenters. The summed E-state index contributed by atoms with van der Waals surface area (Å²) >= 11 is 1.60. The molecular formula is C12H20N4O2S. The van der Waals surface area contributed by atoms with Crippen molar-refractivity contribution in [3.8, 4) is 0 Å². The van der Waals surface area contributed by atoms with Crippen LogP contribution in [0.5, 0.6) is 0 Å². The van der Waals surface area contributed by atoms with Gasteiger partial charge in [0.2, 0.25) is 5.13 Å². The van der Waals surface area contributed by atoms with Gasteiger partial charge in [-0.2, -0.15) is 0 Å². The fraction of sp³-hybridized carbons (Fsp3) is 0.750. The van der Waals surface area contributed by atoms with E-state index in [4.69, 9.17) is 4.74 Å². The number of rotatable bonds is 4. The fourth-order valence-corrected chi connectivity index (χ4v) is 3.11. The van der Waals surface area contributed by atoms with Crippen LogP contribution in [0.4, 0.5) is 9.93 Å². The summed E-state index contributed by atoms with van der Waals surface area (Å²) in [5.74, 6) is 0. The van der Waals surface area contributed by atoms with E-state index in [1.54, 1.807) is 16.2 Å². The van der Waals surface area contributed by atoms with E-state index in [2.05, 4.69) is 22.4 Å². The predicted octanol–water partition coefficient (Wildman–Crippen LogP) is 2.13. The van der Waals surface area contributed by atoms with Crippen molar-refractivity contribution in [1.82, 2.24) is 15.1 Å². The van der Waals surface area contributed by atoms with Crippen LogP contribution in [0, 0.1) is 0 Å². The zero-order valence-corrected chi connectivity index (χ0v) is 12.2. The third-order valence-electron chi connectivity index (χ3n) is 3.11. The van der Waals surface area contributed by atoms with E-state index < -0.39 is 0 Å². The molecule has 0 bridgehead atoms. The van der Waals surface area contributed by atoms with Crippen LogP contribution >= 0.6 is 11.3 Å². The van der Waals surface area contributed by atoms with Gasteiger partial charge in [-0.1, -0.05) is 18.3 Å². The number of methoxy groups -OCH3 is 1. The molecule has 0 aromatic carbocycles. The molecule has 0 radical (unpaired) electrons. The molecule has 19 heavy (non-hydrogen) atoms. The molecule has 0 saturated carbocycles. The van der Waals surface area contributed by atoms with Crippen molar-refractivity contribution in [3.05, 3.63) is 5.01 Å². The van der Waals surface area contributed by atoms with Gasteiger partial charge >= 0.3 is 6.09 Å². The number of hydrogen-bond donors (Lipinski definition) is 1. The number of hydrogen-bond acceptors (Lipinski definition) is 6. The molecule has 1 amide bonds. The molecule has 1 fully saturated rings. The highest BCUT2D eigenvalue weighted by molar-refractivity contribution is 7.15. The van der Waals surface area contributed by atoms with Gasteiger partial charge in [-0.15, -0.1) is 10.2 Å². The van der Waals surface area contributed by atoms with Crippen LogP contribution in [0.3, 0.4) is 0 Å². The summed E-state index contributed by atoms with van der Waals surface area (Å²) < 4.78 is 4.76. The molecule has 1 saturated heterocycles. The van der Waals surface area contributed by atoms with Crippen molar-refractivity contribution in [2.75, 3.05) is 25.5 Å². The quantitative estimate of drug-likeness (QED) is 0.917. The van der Waals surface area contributed by atoms with Crippen LogP contribution in [0.1, 0.15) is 31.2 Å². The lowest BCUT2D eigenvalue weighted by Gasteiger charge is -2.31. The van der Waals surface area contributed by atoms with Crippen molar-refractivity contribution < 1.29 is 9.53 Å². The minimum absolute atomic E-state index is 0.232. The van der Waals surface area contributed by atoms with Gasteiger partial charge in [0.1, 0.15) is 5.01 Å². The highest BCUT2D eigenvalue weighted by Gasteiger charge is 2.24.